The van der Waals surface area contributed by atoms with Crippen LogP contribution in [-0.4, -0.2) is 35.0 Å². The smallest absolute Gasteiger partial charge is 0.251 e. The molecule has 1 atom stereocenters. The van der Waals surface area contributed by atoms with E-state index in [9.17, 15) is 4.79 Å². The van der Waals surface area contributed by atoms with Gasteiger partial charge in [0.1, 0.15) is 11.0 Å². The highest BCUT2D eigenvalue weighted by atomic mass is 35.5. The third-order valence-corrected chi connectivity index (χ3v) is 3.90. The zero-order valence-electron chi connectivity index (χ0n) is 12.2. The maximum Gasteiger partial charge on any atom is 0.251 e. The number of hydrogen-bond donors (Lipinski definition) is 2. The molecule has 0 aliphatic carbocycles. The van der Waals surface area contributed by atoms with Crippen LogP contribution in [-0.2, 0) is 0 Å². The molecule has 6 heteroatoms. The van der Waals surface area contributed by atoms with Gasteiger partial charge in [-0.25, -0.2) is 4.98 Å². The van der Waals surface area contributed by atoms with Crippen LogP contribution >= 0.6 is 23.4 Å². The summed E-state index contributed by atoms with van der Waals surface area (Å²) in [5.74, 6) is 2.48. The Bertz CT molecular complexity index is 442. The first kappa shape index (κ1) is 17.1. The summed E-state index contributed by atoms with van der Waals surface area (Å²) in [6.45, 7) is 6.98. The average molecular weight is 316 g/mol. The van der Waals surface area contributed by atoms with Gasteiger partial charge in [0.2, 0.25) is 0 Å². The van der Waals surface area contributed by atoms with Crippen LogP contribution in [0.4, 0.5) is 5.82 Å². The molecule has 0 aliphatic rings. The predicted octanol–water partition coefficient (Wildman–Crippen LogP) is 3.43. The Labute approximate surface area is 130 Å². The number of hydrogen-bond acceptors (Lipinski definition) is 4. The number of anilines is 1. The first-order valence-electron chi connectivity index (χ1n) is 6.86. The van der Waals surface area contributed by atoms with Gasteiger partial charge in [-0.2, -0.15) is 11.8 Å². The lowest BCUT2D eigenvalue weighted by Gasteiger charge is -2.14. The summed E-state index contributed by atoms with van der Waals surface area (Å²) < 4.78 is 0. The van der Waals surface area contributed by atoms with E-state index >= 15 is 0 Å². The van der Waals surface area contributed by atoms with E-state index in [1.807, 2.05) is 6.92 Å². The van der Waals surface area contributed by atoms with Crippen LogP contribution in [0, 0.1) is 0 Å². The van der Waals surface area contributed by atoms with Crippen molar-refractivity contribution < 1.29 is 4.79 Å². The molecule has 1 aromatic rings. The Kier molecular flexibility index (Phi) is 7.77. The minimum absolute atomic E-state index is 0.113. The lowest BCUT2D eigenvalue weighted by Crippen LogP contribution is -2.34. The molecule has 112 valence electrons. The topological polar surface area (TPSA) is 54.0 Å². The van der Waals surface area contributed by atoms with Gasteiger partial charge in [0.05, 0.1) is 0 Å². The molecular weight excluding hydrogens is 294 g/mol. The predicted molar refractivity (Wildman–Crippen MR) is 88.0 cm³/mol. The van der Waals surface area contributed by atoms with Crippen molar-refractivity contribution in [1.29, 1.82) is 0 Å². The number of halogens is 1. The first-order chi connectivity index (χ1) is 9.56. The zero-order chi connectivity index (χ0) is 15.0. The van der Waals surface area contributed by atoms with Gasteiger partial charge in [-0.1, -0.05) is 25.4 Å². The monoisotopic (exact) mass is 315 g/mol. The molecule has 0 aliphatic heterocycles. The van der Waals surface area contributed by atoms with Crippen LogP contribution in [0.2, 0.25) is 5.15 Å². The molecule has 20 heavy (non-hydrogen) atoms. The SMILES string of the molecule is CCCNc1cc(C(=O)NC(C)CSCC)cc(Cl)n1. The number of thioether (sulfide) groups is 1. The Balaban J connectivity index is 2.69. The second kappa shape index (κ2) is 9.08. The highest BCUT2D eigenvalue weighted by Crippen LogP contribution is 2.15. The van der Waals surface area contributed by atoms with Crippen LogP contribution in [0.3, 0.4) is 0 Å². The molecule has 1 aromatic heterocycles. The highest BCUT2D eigenvalue weighted by molar-refractivity contribution is 7.99. The number of rotatable bonds is 8. The number of aromatic nitrogens is 1. The number of carbonyl (C=O) groups is 1. The molecule has 1 heterocycles. The van der Waals surface area contributed by atoms with E-state index in [1.165, 1.54) is 0 Å². The fourth-order valence-corrected chi connectivity index (χ4v) is 2.50. The second-order valence-electron chi connectivity index (χ2n) is 4.52. The van der Waals surface area contributed by atoms with Gasteiger partial charge in [-0.05, 0) is 31.2 Å². The largest absolute Gasteiger partial charge is 0.370 e. The summed E-state index contributed by atoms with van der Waals surface area (Å²) in [6, 6.07) is 3.45. The Morgan fingerprint density at radius 2 is 2.20 bits per heavy atom. The molecule has 0 spiro atoms. The van der Waals surface area contributed by atoms with Crippen molar-refractivity contribution in [2.45, 2.75) is 33.2 Å². The van der Waals surface area contributed by atoms with E-state index in [4.69, 9.17) is 11.6 Å². The molecule has 0 bridgehead atoms. The van der Waals surface area contributed by atoms with E-state index in [1.54, 1.807) is 23.9 Å². The number of amides is 1. The van der Waals surface area contributed by atoms with E-state index in [0.29, 0.717) is 16.5 Å². The maximum absolute atomic E-state index is 12.2. The minimum Gasteiger partial charge on any atom is -0.370 e. The molecule has 0 radical (unpaired) electrons. The maximum atomic E-state index is 12.2. The summed E-state index contributed by atoms with van der Waals surface area (Å²) in [4.78, 5) is 16.3. The molecule has 0 saturated heterocycles. The van der Waals surface area contributed by atoms with Gasteiger partial charge in [0.25, 0.3) is 5.91 Å². The second-order valence-corrected chi connectivity index (χ2v) is 6.23. The van der Waals surface area contributed by atoms with Gasteiger partial charge < -0.3 is 10.6 Å². The Morgan fingerprint density at radius 3 is 2.85 bits per heavy atom. The van der Waals surface area contributed by atoms with Crippen LogP contribution in [0.5, 0.6) is 0 Å². The minimum atomic E-state index is -0.113. The normalized spacial score (nSPS) is 12.0. The lowest BCUT2D eigenvalue weighted by atomic mass is 10.2. The number of nitrogens with one attached hydrogen (secondary N) is 2. The summed E-state index contributed by atoms with van der Waals surface area (Å²) in [6.07, 6.45) is 0.987. The number of carbonyl (C=O) groups excluding carboxylic acids is 1. The summed E-state index contributed by atoms with van der Waals surface area (Å²) in [5, 5.41) is 6.43. The Morgan fingerprint density at radius 1 is 1.45 bits per heavy atom. The Hall–Kier alpha value is -0.940. The third kappa shape index (κ3) is 6.01. The van der Waals surface area contributed by atoms with Crippen molar-refractivity contribution in [1.82, 2.24) is 10.3 Å². The summed E-state index contributed by atoms with van der Waals surface area (Å²) in [5.41, 5.74) is 0.539. The molecule has 0 saturated carbocycles. The van der Waals surface area contributed by atoms with E-state index < -0.39 is 0 Å². The van der Waals surface area contributed by atoms with Gasteiger partial charge in [-0.3, -0.25) is 4.79 Å². The molecule has 1 rings (SSSR count). The van der Waals surface area contributed by atoms with Crippen LogP contribution in [0.15, 0.2) is 12.1 Å². The lowest BCUT2D eigenvalue weighted by molar-refractivity contribution is 0.0943. The van der Waals surface area contributed by atoms with Crippen molar-refractivity contribution in [3.05, 3.63) is 22.8 Å². The van der Waals surface area contributed by atoms with E-state index in [0.717, 1.165) is 24.5 Å². The van der Waals surface area contributed by atoms with Crippen LogP contribution < -0.4 is 10.6 Å². The van der Waals surface area contributed by atoms with Crippen molar-refractivity contribution in [3.63, 3.8) is 0 Å². The fraction of sp³-hybridized carbons (Fsp3) is 0.571. The van der Waals surface area contributed by atoms with Crippen molar-refractivity contribution in [2.24, 2.45) is 0 Å². The molecule has 1 unspecified atom stereocenters. The number of nitrogens with zero attached hydrogens (tertiary/aromatic N) is 1. The zero-order valence-corrected chi connectivity index (χ0v) is 13.8. The third-order valence-electron chi connectivity index (χ3n) is 2.56. The van der Waals surface area contributed by atoms with Crippen LogP contribution in [0.25, 0.3) is 0 Å². The molecule has 0 aromatic carbocycles. The first-order valence-corrected chi connectivity index (χ1v) is 8.40. The summed E-state index contributed by atoms with van der Waals surface area (Å²) >= 11 is 7.76. The fourth-order valence-electron chi connectivity index (χ4n) is 1.62. The van der Waals surface area contributed by atoms with Crippen molar-refractivity contribution >= 4 is 35.1 Å². The molecule has 2 N–H and O–H groups in total. The molecular formula is C14H22ClN3OS. The van der Waals surface area contributed by atoms with Gasteiger partial charge in [-0.15, -0.1) is 0 Å². The summed E-state index contributed by atoms with van der Waals surface area (Å²) in [7, 11) is 0. The molecule has 4 nitrogen and oxygen atoms in total. The van der Waals surface area contributed by atoms with Gasteiger partial charge >= 0.3 is 0 Å². The van der Waals surface area contributed by atoms with Gasteiger partial charge in [0.15, 0.2) is 0 Å². The average Bonchev–Trinajstić information content (AvgIpc) is 2.42. The van der Waals surface area contributed by atoms with Crippen LogP contribution in [0.1, 0.15) is 37.6 Å². The van der Waals surface area contributed by atoms with Crippen molar-refractivity contribution in [2.75, 3.05) is 23.4 Å². The van der Waals surface area contributed by atoms with E-state index in [-0.39, 0.29) is 11.9 Å². The van der Waals surface area contributed by atoms with E-state index in [2.05, 4.69) is 29.5 Å². The van der Waals surface area contributed by atoms with Crippen molar-refractivity contribution in [3.8, 4) is 0 Å². The number of pyridine rings is 1. The van der Waals surface area contributed by atoms with Gasteiger partial charge in [0, 0.05) is 23.9 Å². The highest BCUT2D eigenvalue weighted by Gasteiger charge is 2.12. The molecule has 0 fully saturated rings. The standard InChI is InChI=1S/C14H22ClN3OS/c1-4-6-16-13-8-11(7-12(15)18-13)14(19)17-10(3)9-20-5-2/h7-8,10H,4-6,9H2,1-3H3,(H,16,18)(H,17,19). The molecule has 1 amide bonds. The quantitative estimate of drug-likeness (QED) is 0.722.